The molecule has 8 rings (SSSR count). The minimum atomic E-state index is 0.315. The molecule has 1 atom stereocenters. The molecule has 6 aromatic rings. The number of benzene rings is 6. The lowest BCUT2D eigenvalue weighted by Crippen LogP contribution is -2.10. The second-order valence-electron chi connectivity index (χ2n) is 13.6. The Kier molecular flexibility index (Phi) is 9.80. The highest BCUT2D eigenvalue weighted by Gasteiger charge is 2.27. The lowest BCUT2D eigenvalue weighted by molar-refractivity contribution is 0.670. The van der Waals surface area contributed by atoms with E-state index in [9.17, 15) is 0 Å². The fraction of sp³-hybridized carbons (Fsp3) is 0.100. The van der Waals surface area contributed by atoms with Crippen LogP contribution in [0.1, 0.15) is 41.2 Å². The molecule has 0 radical (unpaired) electrons. The molecule has 0 amide bonds. The molecule has 53 heavy (non-hydrogen) atoms. The number of rotatable bonds is 8. The molecule has 0 aliphatic heterocycles. The van der Waals surface area contributed by atoms with Crippen LogP contribution in [0.15, 0.2) is 185 Å². The monoisotopic (exact) mass is 683 g/mol. The topological polar surface area (TPSA) is 37.1 Å². The Morgan fingerprint density at radius 1 is 0.717 bits per heavy atom. The zero-order valence-electron chi connectivity index (χ0n) is 30.0. The number of hydrogen-bond acceptors (Lipinski definition) is 1. The number of hydrogen-bond donors (Lipinski definition) is 0. The molecule has 2 aliphatic rings. The molecule has 0 heterocycles. The normalized spacial score (nSPS) is 15.4. The van der Waals surface area contributed by atoms with Crippen LogP contribution in [0, 0.1) is 5.92 Å². The van der Waals surface area contributed by atoms with E-state index in [4.69, 9.17) is 9.98 Å². The van der Waals surface area contributed by atoms with Gasteiger partial charge in [0.05, 0.1) is 0 Å². The highest BCUT2D eigenvalue weighted by Crippen LogP contribution is 2.46. The predicted octanol–water partition coefficient (Wildman–Crippen LogP) is 12.4. The third kappa shape index (κ3) is 7.20. The van der Waals surface area contributed by atoms with E-state index >= 15 is 0 Å². The highest BCUT2D eigenvalue weighted by atomic mass is 15.0. The lowest BCUT2D eigenvalue weighted by atomic mass is 9.90. The number of fused-ring (bicyclic) bond motifs is 4. The summed E-state index contributed by atoms with van der Waals surface area (Å²) in [5.74, 6) is 1.56. The molecule has 6 aromatic carbocycles. The first-order valence-corrected chi connectivity index (χ1v) is 18.4. The van der Waals surface area contributed by atoms with E-state index in [1.165, 1.54) is 60.8 Å². The van der Waals surface area contributed by atoms with Crippen molar-refractivity contribution in [3.63, 3.8) is 0 Å². The van der Waals surface area contributed by atoms with Gasteiger partial charge >= 0.3 is 0 Å². The average molecular weight is 684 g/mol. The molecule has 2 aliphatic carbocycles. The molecule has 1 unspecified atom stereocenters. The van der Waals surface area contributed by atoms with E-state index in [-0.39, 0.29) is 0 Å². The van der Waals surface area contributed by atoms with Gasteiger partial charge in [0.15, 0.2) is 11.7 Å². The van der Waals surface area contributed by atoms with Gasteiger partial charge in [0.2, 0.25) is 0 Å². The SMILES string of the molecule is C=NC(=NC(=NCC1C=CC=CC1)c1ccc(-c2ccc(-c3ccc(/C=C\C=C/C)cc3)cc2)c2c1-c1cc3ccccc3cc1C2)c1ccccc1. The summed E-state index contributed by atoms with van der Waals surface area (Å²) in [6.07, 6.45) is 18.7. The molecule has 0 spiro atoms. The van der Waals surface area contributed by atoms with E-state index in [1.807, 2.05) is 49.4 Å². The average Bonchev–Trinajstić information content (AvgIpc) is 3.59. The molecule has 3 nitrogen and oxygen atoms in total. The third-order valence-corrected chi connectivity index (χ3v) is 10.1. The predicted molar refractivity (Wildman–Crippen MR) is 227 cm³/mol. The zero-order valence-corrected chi connectivity index (χ0v) is 30.0. The molecular formula is C50H41N3. The van der Waals surface area contributed by atoms with Crippen LogP contribution in [0.25, 0.3) is 50.2 Å². The lowest BCUT2D eigenvalue weighted by Gasteiger charge is -2.16. The fourth-order valence-electron chi connectivity index (χ4n) is 7.39. The fourth-order valence-corrected chi connectivity index (χ4v) is 7.39. The van der Waals surface area contributed by atoms with E-state index in [0.29, 0.717) is 24.1 Å². The molecule has 0 saturated carbocycles. The first-order valence-electron chi connectivity index (χ1n) is 18.4. The Morgan fingerprint density at radius 2 is 1.43 bits per heavy atom. The van der Waals surface area contributed by atoms with E-state index < -0.39 is 0 Å². The molecule has 0 aromatic heterocycles. The van der Waals surface area contributed by atoms with Crippen LogP contribution in [0.2, 0.25) is 0 Å². The first-order chi connectivity index (χ1) is 26.2. The zero-order chi connectivity index (χ0) is 36.0. The van der Waals surface area contributed by atoms with Gasteiger partial charge in [0.25, 0.3) is 0 Å². The maximum absolute atomic E-state index is 5.27. The van der Waals surface area contributed by atoms with E-state index in [0.717, 1.165) is 24.0 Å². The molecule has 0 bridgehead atoms. The third-order valence-electron chi connectivity index (χ3n) is 10.1. The van der Waals surface area contributed by atoms with Crippen molar-refractivity contribution in [1.29, 1.82) is 0 Å². The van der Waals surface area contributed by atoms with Gasteiger partial charge in [-0.3, -0.25) is 4.99 Å². The summed E-state index contributed by atoms with van der Waals surface area (Å²) in [6, 6.07) is 45.6. The Morgan fingerprint density at radius 3 is 2.15 bits per heavy atom. The van der Waals surface area contributed by atoms with Crippen molar-refractivity contribution in [2.24, 2.45) is 20.9 Å². The van der Waals surface area contributed by atoms with Crippen LogP contribution in [-0.4, -0.2) is 24.9 Å². The molecule has 3 heteroatoms. The summed E-state index contributed by atoms with van der Waals surface area (Å²) in [4.78, 5) is 14.9. The number of amidine groups is 2. The van der Waals surface area contributed by atoms with Gasteiger partial charge in [-0.15, -0.1) is 0 Å². The van der Waals surface area contributed by atoms with Crippen LogP contribution in [0.4, 0.5) is 0 Å². The van der Waals surface area contributed by atoms with Crippen LogP contribution in [0.5, 0.6) is 0 Å². The number of nitrogens with zero attached hydrogens (tertiary/aromatic N) is 3. The molecule has 256 valence electrons. The summed E-state index contributed by atoms with van der Waals surface area (Å²) in [5, 5.41) is 2.48. The Hall–Kier alpha value is -6.45. The number of aliphatic imine (C=N–C) groups is 3. The van der Waals surface area contributed by atoms with Gasteiger partial charge < -0.3 is 0 Å². The van der Waals surface area contributed by atoms with Gasteiger partial charge in [0.1, 0.15) is 0 Å². The smallest absolute Gasteiger partial charge is 0.161 e. The first kappa shape index (κ1) is 33.7. The van der Waals surface area contributed by atoms with E-state index in [1.54, 1.807) is 0 Å². The van der Waals surface area contributed by atoms with Crippen LogP contribution < -0.4 is 0 Å². The van der Waals surface area contributed by atoms with Crippen LogP contribution in [0.3, 0.4) is 0 Å². The molecule has 0 saturated heterocycles. The Balaban J connectivity index is 1.25. The van der Waals surface area contributed by atoms with Crippen molar-refractivity contribution in [1.82, 2.24) is 0 Å². The quantitative estimate of drug-likeness (QED) is 0.0869. The van der Waals surface area contributed by atoms with Crippen molar-refractivity contribution in [3.05, 3.63) is 198 Å². The van der Waals surface area contributed by atoms with Crippen molar-refractivity contribution in [3.8, 4) is 33.4 Å². The molecule has 0 N–H and O–H groups in total. The minimum absolute atomic E-state index is 0.315. The van der Waals surface area contributed by atoms with Crippen molar-refractivity contribution in [2.45, 2.75) is 19.8 Å². The molecular weight excluding hydrogens is 643 g/mol. The van der Waals surface area contributed by atoms with Crippen molar-refractivity contribution in [2.75, 3.05) is 6.54 Å². The van der Waals surface area contributed by atoms with Gasteiger partial charge in [-0.2, -0.15) is 0 Å². The summed E-state index contributed by atoms with van der Waals surface area (Å²) >= 11 is 0. The minimum Gasteiger partial charge on any atom is -0.266 e. The van der Waals surface area contributed by atoms with E-state index in [2.05, 4.69) is 145 Å². The standard InChI is InChI=1S/C50H41N3/c1-3-4-7-14-35-21-23-37(24-22-35)38-25-27-39(28-26-38)44-29-30-45(48-46-32-42-20-13-12-19-41(42)31-43(46)33-47(44)48)50(52-34-36-15-8-5-9-16-36)53-49(51-2)40-17-10-6-11-18-40/h3-15,17-32,36H,2,16,33-34H2,1H3/b4-3-,14-7-,52-50?,53-49?. The summed E-state index contributed by atoms with van der Waals surface area (Å²) in [7, 11) is 0. The second kappa shape index (κ2) is 15.4. The second-order valence-corrected chi connectivity index (χ2v) is 13.6. The largest absolute Gasteiger partial charge is 0.266 e. The van der Waals surface area contributed by atoms with Gasteiger partial charge in [0, 0.05) is 23.6 Å². The van der Waals surface area contributed by atoms with Gasteiger partial charge in [-0.1, -0.05) is 164 Å². The summed E-state index contributed by atoms with van der Waals surface area (Å²) < 4.78 is 0. The maximum atomic E-state index is 5.27. The highest BCUT2D eigenvalue weighted by molar-refractivity contribution is 6.16. The summed E-state index contributed by atoms with van der Waals surface area (Å²) in [5.41, 5.74) is 13.0. The van der Waals surface area contributed by atoms with Crippen LogP contribution >= 0.6 is 0 Å². The van der Waals surface area contributed by atoms with Gasteiger partial charge in [-0.25, -0.2) is 9.98 Å². The molecule has 0 fully saturated rings. The van der Waals surface area contributed by atoms with Crippen molar-refractivity contribution < 1.29 is 0 Å². The Bertz CT molecular complexity index is 2470. The van der Waals surface area contributed by atoms with Crippen molar-refractivity contribution >= 4 is 35.2 Å². The summed E-state index contributed by atoms with van der Waals surface area (Å²) in [6.45, 7) is 6.58. The Labute approximate surface area is 312 Å². The van der Waals surface area contributed by atoms with Crippen LogP contribution in [-0.2, 0) is 6.42 Å². The number of allylic oxidation sites excluding steroid dienone is 6. The maximum Gasteiger partial charge on any atom is 0.161 e. The van der Waals surface area contributed by atoms with Gasteiger partial charge in [-0.05, 0) is 99.5 Å².